The molecule has 1 amide bonds. The number of nitrogens with zero attached hydrogens (tertiary/aromatic N) is 2. The standard InChI is InChI=1S/C19H26FN5OS/c1-12-13(2)27-17(25-12)8-9-23-19(22-3)24-11-15(18(21)26)10-14-4-6-16(20)7-5-14/h4-7,15H,8-11H2,1-3H3,(H2,21,26)(H2,22,23,24). The summed E-state index contributed by atoms with van der Waals surface area (Å²) in [5, 5.41) is 7.43. The topological polar surface area (TPSA) is 92.4 Å². The van der Waals surface area contributed by atoms with Crippen molar-refractivity contribution in [2.45, 2.75) is 26.7 Å². The van der Waals surface area contributed by atoms with Crippen LogP contribution in [-0.4, -0.2) is 37.0 Å². The van der Waals surface area contributed by atoms with Crippen LogP contribution in [0, 0.1) is 25.6 Å². The molecule has 0 bridgehead atoms. The first kappa shape index (κ1) is 20.8. The molecule has 0 saturated carbocycles. The number of aliphatic imine (C=N–C) groups is 1. The molecule has 0 spiro atoms. The SMILES string of the molecule is CN=C(NCCc1nc(C)c(C)s1)NCC(Cc1ccc(F)cc1)C(N)=O. The zero-order chi connectivity index (χ0) is 19.8. The Morgan fingerprint density at radius 1 is 1.30 bits per heavy atom. The van der Waals surface area contributed by atoms with Gasteiger partial charge in [-0.3, -0.25) is 9.79 Å². The zero-order valence-corrected chi connectivity index (χ0v) is 16.7. The molecule has 1 aromatic carbocycles. The minimum Gasteiger partial charge on any atom is -0.369 e. The predicted octanol–water partition coefficient (Wildman–Crippen LogP) is 1.95. The third-order valence-electron chi connectivity index (χ3n) is 4.24. The highest BCUT2D eigenvalue weighted by Gasteiger charge is 2.17. The van der Waals surface area contributed by atoms with Crippen molar-refractivity contribution in [3.8, 4) is 0 Å². The van der Waals surface area contributed by atoms with E-state index in [0.717, 1.165) is 22.7 Å². The van der Waals surface area contributed by atoms with E-state index in [9.17, 15) is 9.18 Å². The fourth-order valence-electron chi connectivity index (χ4n) is 2.55. The molecule has 1 aromatic heterocycles. The smallest absolute Gasteiger partial charge is 0.222 e. The number of nitrogens with two attached hydrogens (primary N) is 1. The molecule has 0 radical (unpaired) electrons. The number of aromatic nitrogens is 1. The van der Waals surface area contributed by atoms with Crippen molar-refractivity contribution in [3.63, 3.8) is 0 Å². The number of hydrogen-bond acceptors (Lipinski definition) is 4. The molecule has 4 N–H and O–H groups in total. The number of guanidine groups is 1. The molecule has 6 nitrogen and oxygen atoms in total. The molecular weight excluding hydrogens is 365 g/mol. The molecular formula is C19H26FN5OS. The molecule has 0 aliphatic heterocycles. The lowest BCUT2D eigenvalue weighted by Gasteiger charge is -2.17. The van der Waals surface area contributed by atoms with E-state index in [1.54, 1.807) is 30.5 Å². The summed E-state index contributed by atoms with van der Waals surface area (Å²) >= 11 is 1.70. The van der Waals surface area contributed by atoms with Crippen LogP contribution in [0.5, 0.6) is 0 Å². The average molecular weight is 392 g/mol. The summed E-state index contributed by atoms with van der Waals surface area (Å²) in [5.74, 6) is -0.526. The summed E-state index contributed by atoms with van der Waals surface area (Å²) in [6, 6.07) is 6.08. The van der Waals surface area contributed by atoms with Crippen molar-refractivity contribution in [2.24, 2.45) is 16.6 Å². The van der Waals surface area contributed by atoms with Gasteiger partial charge >= 0.3 is 0 Å². The molecule has 1 heterocycles. The second-order valence-electron chi connectivity index (χ2n) is 6.31. The Labute approximate surface area is 163 Å². The number of thiazole rings is 1. The van der Waals surface area contributed by atoms with Crippen LogP contribution in [0.4, 0.5) is 4.39 Å². The Morgan fingerprint density at radius 3 is 2.56 bits per heavy atom. The Bertz CT molecular complexity index is 768. The molecule has 1 atom stereocenters. The van der Waals surface area contributed by atoms with Crippen molar-refractivity contribution in [1.29, 1.82) is 0 Å². The fourth-order valence-corrected chi connectivity index (χ4v) is 3.49. The molecule has 0 aliphatic carbocycles. The van der Waals surface area contributed by atoms with Gasteiger partial charge in [-0.15, -0.1) is 11.3 Å². The maximum Gasteiger partial charge on any atom is 0.222 e. The van der Waals surface area contributed by atoms with Gasteiger partial charge in [0.15, 0.2) is 5.96 Å². The molecule has 2 rings (SSSR count). The maximum atomic E-state index is 13.0. The van der Waals surface area contributed by atoms with E-state index < -0.39 is 11.8 Å². The normalized spacial score (nSPS) is 12.7. The van der Waals surface area contributed by atoms with E-state index in [2.05, 4.69) is 27.5 Å². The quantitative estimate of drug-likeness (QED) is 0.474. The number of hydrogen-bond donors (Lipinski definition) is 3. The molecule has 0 fully saturated rings. The Hall–Kier alpha value is -2.48. The van der Waals surface area contributed by atoms with Crippen LogP contribution in [-0.2, 0) is 17.6 Å². The van der Waals surface area contributed by atoms with Gasteiger partial charge in [0.25, 0.3) is 0 Å². The molecule has 0 saturated heterocycles. The molecule has 27 heavy (non-hydrogen) atoms. The molecule has 1 unspecified atom stereocenters. The summed E-state index contributed by atoms with van der Waals surface area (Å²) in [7, 11) is 1.67. The predicted molar refractivity (Wildman–Crippen MR) is 107 cm³/mol. The number of aryl methyl sites for hydroxylation is 2. The first-order valence-electron chi connectivity index (χ1n) is 8.80. The van der Waals surface area contributed by atoms with Gasteiger partial charge in [0, 0.05) is 31.4 Å². The average Bonchev–Trinajstić information content (AvgIpc) is 2.95. The van der Waals surface area contributed by atoms with E-state index in [1.807, 2.05) is 6.92 Å². The van der Waals surface area contributed by atoms with Crippen LogP contribution in [0.2, 0.25) is 0 Å². The van der Waals surface area contributed by atoms with Crippen LogP contribution in [0.25, 0.3) is 0 Å². The van der Waals surface area contributed by atoms with Gasteiger partial charge in [-0.05, 0) is 38.0 Å². The highest BCUT2D eigenvalue weighted by atomic mass is 32.1. The molecule has 146 valence electrons. The number of carbonyl (C=O) groups is 1. The third kappa shape index (κ3) is 6.63. The van der Waals surface area contributed by atoms with Gasteiger partial charge in [-0.2, -0.15) is 0 Å². The van der Waals surface area contributed by atoms with Crippen LogP contribution in [0.15, 0.2) is 29.3 Å². The highest BCUT2D eigenvalue weighted by Crippen LogP contribution is 2.16. The Balaban J connectivity index is 1.82. The van der Waals surface area contributed by atoms with Gasteiger partial charge in [-0.1, -0.05) is 12.1 Å². The zero-order valence-electron chi connectivity index (χ0n) is 15.9. The van der Waals surface area contributed by atoms with Gasteiger partial charge in [0.1, 0.15) is 5.82 Å². The summed E-state index contributed by atoms with van der Waals surface area (Å²) in [5.41, 5.74) is 7.45. The summed E-state index contributed by atoms with van der Waals surface area (Å²) in [6.07, 6.45) is 1.24. The van der Waals surface area contributed by atoms with Crippen molar-refractivity contribution in [3.05, 3.63) is 51.2 Å². The first-order chi connectivity index (χ1) is 12.9. The van der Waals surface area contributed by atoms with E-state index in [4.69, 9.17) is 5.73 Å². The van der Waals surface area contributed by atoms with Crippen molar-refractivity contribution in [1.82, 2.24) is 15.6 Å². The largest absolute Gasteiger partial charge is 0.369 e. The van der Waals surface area contributed by atoms with Gasteiger partial charge in [0.2, 0.25) is 5.91 Å². The third-order valence-corrected chi connectivity index (χ3v) is 5.37. The number of halogens is 1. The number of amides is 1. The summed E-state index contributed by atoms with van der Waals surface area (Å²) < 4.78 is 13.0. The number of carbonyl (C=O) groups excluding carboxylic acids is 1. The van der Waals surface area contributed by atoms with Gasteiger partial charge in [-0.25, -0.2) is 9.37 Å². The van der Waals surface area contributed by atoms with E-state index in [-0.39, 0.29) is 5.82 Å². The van der Waals surface area contributed by atoms with Crippen molar-refractivity contribution in [2.75, 3.05) is 20.1 Å². The second-order valence-corrected chi connectivity index (χ2v) is 7.60. The van der Waals surface area contributed by atoms with E-state index in [0.29, 0.717) is 25.5 Å². The van der Waals surface area contributed by atoms with Gasteiger partial charge < -0.3 is 16.4 Å². The lowest BCUT2D eigenvalue weighted by atomic mass is 9.98. The Morgan fingerprint density at radius 2 is 2.00 bits per heavy atom. The van der Waals surface area contributed by atoms with Gasteiger partial charge in [0.05, 0.1) is 16.6 Å². The van der Waals surface area contributed by atoms with Crippen molar-refractivity contribution >= 4 is 23.2 Å². The molecule has 2 aromatic rings. The van der Waals surface area contributed by atoms with E-state index >= 15 is 0 Å². The van der Waals surface area contributed by atoms with Crippen LogP contribution in [0.3, 0.4) is 0 Å². The first-order valence-corrected chi connectivity index (χ1v) is 9.62. The fraction of sp³-hybridized carbons (Fsp3) is 0.421. The minimum absolute atomic E-state index is 0.303. The lowest BCUT2D eigenvalue weighted by Crippen LogP contribution is -2.43. The second kappa shape index (κ2) is 10.0. The van der Waals surface area contributed by atoms with Crippen LogP contribution < -0.4 is 16.4 Å². The molecule has 8 heteroatoms. The monoisotopic (exact) mass is 391 g/mol. The minimum atomic E-state index is -0.418. The molecule has 0 aliphatic rings. The number of nitrogens with one attached hydrogen (secondary N) is 2. The van der Waals surface area contributed by atoms with Crippen LogP contribution >= 0.6 is 11.3 Å². The number of primary amides is 1. The maximum absolute atomic E-state index is 13.0. The van der Waals surface area contributed by atoms with Crippen molar-refractivity contribution < 1.29 is 9.18 Å². The number of benzene rings is 1. The Kier molecular flexibility index (Phi) is 7.72. The number of rotatable bonds is 8. The lowest BCUT2D eigenvalue weighted by molar-refractivity contribution is -0.121. The van der Waals surface area contributed by atoms with E-state index in [1.165, 1.54) is 17.0 Å². The van der Waals surface area contributed by atoms with Crippen LogP contribution in [0.1, 0.15) is 21.1 Å². The highest BCUT2D eigenvalue weighted by molar-refractivity contribution is 7.11. The summed E-state index contributed by atoms with van der Waals surface area (Å²) in [4.78, 5) is 21.7. The summed E-state index contributed by atoms with van der Waals surface area (Å²) in [6.45, 7) is 5.11.